The van der Waals surface area contributed by atoms with Gasteiger partial charge < -0.3 is 5.43 Å². The van der Waals surface area contributed by atoms with Crippen molar-refractivity contribution in [2.45, 2.75) is 17.2 Å². The smallest absolute Gasteiger partial charge is 0.262 e. The molecule has 1 atom stereocenters. The SMILES string of the molecule is CC1CN(S(=O)(=O)c2ncccc2NN)CCS1. The standard InChI is InChI=1S/C10H16N4O2S2/c1-8-7-14(5-6-17-8)18(15,16)10-9(13-11)3-2-4-12-10/h2-4,8,13H,5-7,11H2,1H3. The van der Waals surface area contributed by atoms with Gasteiger partial charge in [0, 0.05) is 30.3 Å². The monoisotopic (exact) mass is 288 g/mol. The average molecular weight is 288 g/mol. The van der Waals surface area contributed by atoms with Crippen LogP contribution >= 0.6 is 11.8 Å². The Morgan fingerprint density at radius 3 is 3.06 bits per heavy atom. The molecule has 0 radical (unpaired) electrons. The first-order chi connectivity index (χ1) is 8.55. The zero-order valence-electron chi connectivity index (χ0n) is 10.0. The maximum atomic E-state index is 12.5. The number of rotatable bonds is 3. The first kappa shape index (κ1) is 13.6. The van der Waals surface area contributed by atoms with Gasteiger partial charge in [0.2, 0.25) is 0 Å². The molecule has 8 heteroatoms. The van der Waals surface area contributed by atoms with E-state index < -0.39 is 10.0 Å². The van der Waals surface area contributed by atoms with Gasteiger partial charge in [-0.15, -0.1) is 0 Å². The highest BCUT2D eigenvalue weighted by atomic mass is 32.2. The highest BCUT2D eigenvalue weighted by molar-refractivity contribution is 8.00. The van der Waals surface area contributed by atoms with Gasteiger partial charge in [-0.1, -0.05) is 6.92 Å². The molecule has 1 aromatic heterocycles. The van der Waals surface area contributed by atoms with E-state index in [0.717, 1.165) is 5.75 Å². The molecule has 0 amide bonds. The molecular weight excluding hydrogens is 272 g/mol. The normalized spacial score (nSPS) is 21.8. The van der Waals surface area contributed by atoms with Gasteiger partial charge >= 0.3 is 0 Å². The summed E-state index contributed by atoms with van der Waals surface area (Å²) in [6.45, 7) is 3.04. The summed E-state index contributed by atoms with van der Waals surface area (Å²) in [5.41, 5.74) is 2.70. The number of sulfonamides is 1. The van der Waals surface area contributed by atoms with Crippen molar-refractivity contribution in [1.29, 1.82) is 0 Å². The van der Waals surface area contributed by atoms with Crippen LogP contribution in [0.15, 0.2) is 23.4 Å². The van der Waals surface area contributed by atoms with Crippen molar-refractivity contribution >= 4 is 27.5 Å². The molecule has 0 saturated carbocycles. The Labute approximate surface area is 111 Å². The molecule has 1 fully saturated rings. The van der Waals surface area contributed by atoms with Crippen molar-refractivity contribution < 1.29 is 8.42 Å². The van der Waals surface area contributed by atoms with E-state index in [4.69, 9.17) is 5.84 Å². The largest absolute Gasteiger partial charge is 0.321 e. The second-order valence-corrected chi connectivity index (χ2v) is 7.44. The summed E-state index contributed by atoms with van der Waals surface area (Å²) in [6.07, 6.45) is 1.45. The van der Waals surface area contributed by atoms with Crippen LogP contribution in [0.5, 0.6) is 0 Å². The number of anilines is 1. The molecule has 0 bridgehead atoms. The molecule has 3 N–H and O–H groups in total. The first-order valence-corrected chi connectivity index (χ1v) is 8.08. The molecule has 2 rings (SSSR count). The Morgan fingerprint density at radius 1 is 1.61 bits per heavy atom. The number of nitrogen functional groups attached to an aromatic ring is 1. The quantitative estimate of drug-likeness (QED) is 0.622. The van der Waals surface area contributed by atoms with Gasteiger partial charge in [0.15, 0.2) is 5.03 Å². The van der Waals surface area contributed by atoms with Gasteiger partial charge in [-0.05, 0) is 12.1 Å². The molecule has 1 aliphatic heterocycles. The molecule has 1 unspecified atom stereocenters. The molecule has 0 aliphatic carbocycles. The topological polar surface area (TPSA) is 88.3 Å². The Kier molecular flexibility index (Phi) is 4.10. The lowest BCUT2D eigenvalue weighted by atomic mass is 10.4. The van der Waals surface area contributed by atoms with E-state index in [0.29, 0.717) is 24.0 Å². The van der Waals surface area contributed by atoms with Crippen LogP contribution in [0.4, 0.5) is 5.69 Å². The summed E-state index contributed by atoms with van der Waals surface area (Å²) < 4.78 is 26.4. The number of hydrazine groups is 1. The van der Waals surface area contributed by atoms with Crippen LogP contribution in [-0.4, -0.2) is 41.8 Å². The minimum atomic E-state index is -3.57. The van der Waals surface area contributed by atoms with Crippen LogP contribution in [0.2, 0.25) is 0 Å². The third-order valence-electron chi connectivity index (χ3n) is 2.71. The molecule has 1 aromatic rings. The van der Waals surface area contributed by atoms with Crippen molar-refractivity contribution in [3.63, 3.8) is 0 Å². The second-order valence-electron chi connectivity index (χ2n) is 4.04. The number of pyridine rings is 1. The van der Waals surface area contributed by atoms with E-state index in [9.17, 15) is 8.42 Å². The lowest BCUT2D eigenvalue weighted by molar-refractivity contribution is 0.422. The fourth-order valence-corrected chi connectivity index (χ4v) is 4.65. The summed E-state index contributed by atoms with van der Waals surface area (Å²) in [6, 6.07) is 3.24. The van der Waals surface area contributed by atoms with Gasteiger partial charge in [0.25, 0.3) is 10.0 Å². The zero-order valence-corrected chi connectivity index (χ0v) is 11.7. The number of aromatic nitrogens is 1. The van der Waals surface area contributed by atoms with Crippen molar-refractivity contribution in [2.75, 3.05) is 24.3 Å². The first-order valence-electron chi connectivity index (χ1n) is 5.59. The number of nitrogens with one attached hydrogen (secondary N) is 1. The third kappa shape index (κ3) is 2.61. The van der Waals surface area contributed by atoms with E-state index in [2.05, 4.69) is 10.4 Å². The molecule has 1 aliphatic rings. The molecule has 100 valence electrons. The molecule has 0 aromatic carbocycles. The molecular formula is C10H16N4O2S2. The van der Waals surface area contributed by atoms with Crippen LogP contribution in [0.1, 0.15) is 6.92 Å². The predicted molar refractivity (Wildman–Crippen MR) is 72.7 cm³/mol. The third-order valence-corrected chi connectivity index (χ3v) is 5.68. The average Bonchev–Trinajstić information content (AvgIpc) is 2.38. The van der Waals surface area contributed by atoms with Crippen LogP contribution in [0.3, 0.4) is 0 Å². The van der Waals surface area contributed by atoms with Crippen molar-refractivity contribution in [3.8, 4) is 0 Å². The molecule has 18 heavy (non-hydrogen) atoms. The van der Waals surface area contributed by atoms with Crippen LogP contribution in [0, 0.1) is 0 Å². The minimum absolute atomic E-state index is 0.00778. The highest BCUT2D eigenvalue weighted by Gasteiger charge is 2.31. The Balaban J connectivity index is 2.35. The van der Waals surface area contributed by atoms with Gasteiger partial charge in [-0.25, -0.2) is 13.4 Å². The number of nitrogens with zero attached hydrogens (tertiary/aromatic N) is 2. The highest BCUT2D eigenvalue weighted by Crippen LogP contribution is 2.26. The van der Waals surface area contributed by atoms with E-state index in [1.807, 2.05) is 6.92 Å². The number of hydrogen-bond acceptors (Lipinski definition) is 6. The summed E-state index contributed by atoms with van der Waals surface area (Å²) in [7, 11) is -3.57. The summed E-state index contributed by atoms with van der Waals surface area (Å²) in [4.78, 5) is 3.94. The molecule has 0 spiro atoms. The lowest BCUT2D eigenvalue weighted by Gasteiger charge is -2.29. The Bertz CT molecular complexity index is 520. The zero-order chi connectivity index (χ0) is 13.2. The number of nitrogens with two attached hydrogens (primary N) is 1. The summed E-state index contributed by atoms with van der Waals surface area (Å²) in [5.74, 6) is 6.13. The van der Waals surface area contributed by atoms with Crippen LogP contribution in [-0.2, 0) is 10.0 Å². The van der Waals surface area contributed by atoms with Gasteiger partial charge in [-0.3, -0.25) is 5.84 Å². The van der Waals surface area contributed by atoms with Crippen molar-refractivity contribution in [3.05, 3.63) is 18.3 Å². The maximum absolute atomic E-state index is 12.5. The van der Waals surface area contributed by atoms with Gasteiger partial charge in [0.05, 0.1) is 5.69 Å². The van der Waals surface area contributed by atoms with Crippen LogP contribution in [0.25, 0.3) is 0 Å². The molecule has 2 heterocycles. The summed E-state index contributed by atoms with van der Waals surface area (Å²) >= 11 is 1.78. The van der Waals surface area contributed by atoms with E-state index in [-0.39, 0.29) is 5.03 Å². The van der Waals surface area contributed by atoms with E-state index in [1.54, 1.807) is 23.9 Å². The minimum Gasteiger partial charge on any atom is -0.321 e. The Hall–Kier alpha value is -0.830. The van der Waals surface area contributed by atoms with E-state index >= 15 is 0 Å². The van der Waals surface area contributed by atoms with Gasteiger partial charge in [-0.2, -0.15) is 16.1 Å². The molecule has 6 nitrogen and oxygen atoms in total. The number of hydrogen-bond donors (Lipinski definition) is 2. The summed E-state index contributed by atoms with van der Waals surface area (Å²) in [5, 5.41) is 0.290. The lowest BCUT2D eigenvalue weighted by Crippen LogP contribution is -2.41. The second kappa shape index (κ2) is 5.43. The van der Waals surface area contributed by atoms with Crippen LogP contribution < -0.4 is 11.3 Å². The maximum Gasteiger partial charge on any atom is 0.262 e. The number of thioether (sulfide) groups is 1. The van der Waals surface area contributed by atoms with Gasteiger partial charge in [0.1, 0.15) is 0 Å². The van der Waals surface area contributed by atoms with E-state index in [1.165, 1.54) is 10.5 Å². The predicted octanol–water partition coefficient (Wildman–Crippen LogP) is 0.493. The van der Waals surface area contributed by atoms with Crippen molar-refractivity contribution in [2.24, 2.45) is 5.84 Å². The van der Waals surface area contributed by atoms with Crippen molar-refractivity contribution in [1.82, 2.24) is 9.29 Å². The molecule has 1 saturated heterocycles. The fraction of sp³-hybridized carbons (Fsp3) is 0.500. The fourth-order valence-electron chi connectivity index (χ4n) is 1.83. The Morgan fingerprint density at radius 2 is 2.39 bits per heavy atom.